The van der Waals surface area contributed by atoms with E-state index in [1.54, 1.807) is 0 Å². The molecule has 0 saturated carbocycles. The van der Waals surface area contributed by atoms with E-state index in [9.17, 15) is 0 Å². The van der Waals surface area contributed by atoms with Gasteiger partial charge in [-0.3, -0.25) is 4.98 Å². The maximum absolute atomic E-state index is 4.26. The lowest BCUT2D eigenvalue weighted by molar-refractivity contribution is 0.527. The number of nitrogens with one attached hydrogen (secondary N) is 1. The van der Waals surface area contributed by atoms with Crippen molar-refractivity contribution in [3.8, 4) is 0 Å². The Morgan fingerprint density at radius 2 is 1.93 bits per heavy atom. The number of hydrogen-bond acceptors (Lipinski definition) is 2. The molecule has 0 saturated heterocycles. The monoisotopic (exact) mass is 206 g/mol. The molecule has 0 spiro atoms. The van der Waals surface area contributed by atoms with Crippen LogP contribution in [0.1, 0.15) is 39.3 Å². The number of nitrogens with zero attached hydrogens (tertiary/aromatic N) is 1. The highest BCUT2D eigenvalue weighted by Gasteiger charge is 2.03. The highest BCUT2D eigenvalue weighted by Crippen LogP contribution is 2.12. The first kappa shape index (κ1) is 12.0. The molecule has 0 unspecified atom stereocenters. The molecular weight excluding hydrogens is 184 g/mol. The van der Waals surface area contributed by atoms with Crippen LogP contribution in [0.15, 0.2) is 18.3 Å². The Labute approximate surface area is 93.1 Å². The molecule has 0 bridgehead atoms. The molecule has 0 aliphatic carbocycles. The summed E-state index contributed by atoms with van der Waals surface area (Å²) in [4.78, 5) is 4.26. The van der Waals surface area contributed by atoms with E-state index in [4.69, 9.17) is 0 Å². The quantitative estimate of drug-likeness (QED) is 0.795. The van der Waals surface area contributed by atoms with E-state index in [1.807, 2.05) is 19.2 Å². The third-order valence-electron chi connectivity index (χ3n) is 2.50. The van der Waals surface area contributed by atoms with Crippen molar-refractivity contribution >= 4 is 5.69 Å². The Morgan fingerprint density at radius 3 is 2.47 bits per heavy atom. The van der Waals surface area contributed by atoms with Crippen LogP contribution >= 0.6 is 0 Å². The Bertz CT molecular complexity index is 277. The van der Waals surface area contributed by atoms with Crippen molar-refractivity contribution in [2.75, 3.05) is 5.32 Å². The topological polar surface area (TPSA) is 24.9 Å². The van der Waals surface area contributed by atoms with Crippen LogP contribution in [-0.4, -0.2) is 11.0 Å². The predicted molar refractivity (Wildman–Crippen MR) is 66.1 cm³/mol. The average Bonchev–Trinajstić information content (AvgIpc) is 2.19. The number of anilines is 1. The van der Waals surface area contributed by atoms with E-state index in [0.29, 0.717) is 6.04 Å². The number of pyridine rings is 1. The minimum Gasteiger partial charge on any atom is -0.381 e. The third kappa shape index (κ3) is 4.82. The molecular formula is C13H22N2. The van der Waals surface area contributed by atoms with E-state index >= 15 is 0 Å². The van der Waals surface area contributed by atoms with Crippen LogP contribution in [-0.2, 0) is 0 Å². The minimum absolute atomic E-state index is 0.525. The Morgan fingerprint density at radius 1 is 1.20 bits per heavy atom. The van der Waals surface area contributed by atoms with Crippen LogP contribution in [0.2, 0.25) is 0 Å². The predicted octanol–water partition coefficient (Wildman–Crippen LogP) is 3.63. The maximum atomic E-state index is 4.26. The highest BCUT2D eigenvalue weighted by atomic mass is 14.9. The fourth-order valence-electron chi connectivity index (χ4n) is 1.49. The number of aryl methyl sites for hydroxylation is 1. The molecule has 0 radical (unpaired) electrons. The number of rotatable bonds is 5. The zero-order chi connectivity index (χ0) is 11.3. The van der Waals surface area contributed by atoms with Crippen molar-refractivity contribution in [1.29, 1.82) is 0 Å². The first-order valence-electron chi connectivity index (χ1n) is 5.77. The summed E-state index contributed by atoms with van der Waals surface area (Å²) in [6, 6.07) is 4.66. The molecule has 0 aliphatic heterocycles. The lowest BCUT2D eigenvalue weighted by atomic mass is 10.0. The molecule has 2 nitrogen and oxygen atoms in total. The zero-order valence-electron chi connectivity index (χ0n) is 10.2. The van der Waals surface area contributed by atoms with Gasteiger partial charge in [0, 0.05) is 11.7 Å². The number of aromatic nitrogens is 1. The van der Waals surface area contributed by atoms with Gasteiger partial charge in [0.25, 0.3) is 0 Å². The maximum Gasteiger partial charge on any atom is 0.0528 e. The van der Waals surface area contributed by atoms with Crippen molar-refractivity contribution in [2.45, 2.75) is 46.6 Å². The summed E-state index contributed by atoms with van der Waals surface area (Å²) in [5, 5.41) is 3.46. The van der Waals surface area contributed by atoms with E-state index in [0.717, 1.165) is 17.3 Å². The summed E-state index contributed by atoms with van der Waals surface area (Å²) in [5.41, 5.74) is 2.19. The first-order valence-corrected chi connectivity index (χ1v) is 5.77. The fourth-order valence-corrected chi connectivity index (χ4v) is 1.49. The summed E-state index contributed by atoms with van der Waals surface area (Å²) < 4.78 is 0. The third-order valence-corrected chi connectivity index (χ3v) is 2.50. The highest BCUT2D eigenvalue weighted by molar-refractivity contribution is 5.41. The summed E-state index contributed by atoms with van der Waals surface area (Å²) in [7, 11) is 0. The Hall–Kier alpha value is -1.05. The van der Waals surface area contributed by atoms with Crippen molar-refractivity contribution in [3.05, 3.63) is 24.0 Å². The second kappa shape index (κ2) is 5.74. The Kier molecular flexibility index (Phi) is 4.60. The van der Waals surface area contributed by atoms with Gasteiger partial charge in [-0.1, -0.05) is 13.8 Å². The standard InChI is InChI=1S/C13H22N2/c1-10(2)5-6-12(4)15-13-8-7-11(3)14-9-13/h7-10,12,15H,5-6H2,1-4H3/t12-/m0/s1. The van der Waals surface area contributed by atoms with Gasteiger partial charge < -0.3 is 5.32 Å². The minimum atomic E-state index is 0.525. The lowest BCUT2D eigenvalue weighted by Gasteiger charge is -2.16. The van der Waals surface area contributed by atoms with Gasteiger partial charge in [0.05, 0.1) is 11.9 Å². The van der Waals surface area contributed by atoms with Gasteiger partial charge in [-0.05, 0) is 44.7 Å². The fraction of sp³-hybridized carbons (Fsp3) is 0.615. The molecule has 15 heavy (non-hydrogen) atoms. The van der Waals surface area contributed by atoms with Gasteiger partial charge >= 0.3 is 0 Å². The SMILES string of the molecule is Cc1ccc(N[C@@H](C)CCC(C)C)cn1. The van der Waals surface area contributed by atoms with Crippen LogP contribution < -0.4 is 5.32 Å². The van der Waals surface area contributed by atoms with Crippen LogP contribution in [0.3, 0.4) is 0 Å². The van der Waals surface area contributed by atoms with Crippen molar-refractivity contribution in [2.24, 2.45) is 5.92 Å². The first-order chi connectivity index (χ1) is 7.08. The second-order valence-electron chi connectivity index (χ2n) is 4.70. The molecule has 2 heteroatoms. The largest absolute Gasteiger partial charge is 0.381 e. The van der Waals surface area contributed by atoms with E-state index < -0.39 is 0 Å². The molecule has 1 N–H and O–H groups in total. The summed E-state index contributed by atoms with van der Waals surface area (Å²) in [6.45, 7) is 8.76. The average molecular weight is 206 g/mol. The smallest absolute Gasteiger partial charge is 0.0528 e. The van der Waals surface area contributed by atoms with Gasteiger partial charge in [-0.2, -0.15) is 0 Å². The van der Waals surface area contributed by atoms with Gasteiger partial charge in [0.2, 0.25) is 0 Å². The normalized spacial score (nSPS) is 12.9. The molecule has 0 aromatic carbocycles. The molecule has 1 rings (SSSR count). The van der Waals surface area contributed by atoms with Crippen molar-refractivity contribution in [3.63, 3.8) is 0 Å². The van der Waals surface area contributed by atoms with E-state index in [1.165, 1.54) is 12.8 Å². The van der Waals surface area contributed by atoms with Gasteiger partial charge in [0.1, 0.15) is 0 Å². The molecule has 0 amide bonds. The van der Waals surface area contributed by atoms with Crippen LogP contribution in [0, 0.1) is 12.8 Å². The van der Waals surface area contributed by atoms with Gasteiger partial charge in [-0.25, -0.2) is 0 Å². The molecule has 84 valence electrons. The van der Waals surface area contributed by atoms with Crippen molar-refractivity contribution in [1.82, 2.24) is 4.98 Å². The van der Waals surface area contributed by atoms with Gasteiger partial charge in [0.15, 0.2) is 0 Å². The second-order valence-corrected chi connectivity index (χ2v) is 4.70. The van der Waals surface area contributed by atoms with Gasteiger partial charge in [-0.15, -0.1) is 0 Å². The summed E-state index contributed by atoms with van der Waals surface area (Å²) >= 11 is 0. The molecule has 1 heterocycles. The Balaban J connectivity index is 2.37. The summed E-state index contributed by atoms with van der Waals surface area (Å²) in [6.07, 6.45) is 4.39. The molecule has 0 fully saturated rings. The van der Waals surface area contributed by atoms with Crippen molar-refractivity contribution < 1.29 is 0 Å². The molecule has 1 aromatic rings. The lowest BCUT2D eigenvalue weighted by Crippen LogP contribution is -2.15. The number of hydrogen-bond donors (Lipinski definition) is 1. The van der Waals surface area contributed by atoms with E-state index in [-0.39, 0.29) is 0 Å². The summed E-state index contributed by atoms with van der Waals surface area (Å²) in [5.74, 6) is 0.783. The van der Waals surface area contributed by atoms with E-state index in [2.05, 4.69) is 37.1 Å². The zero-order valence-corrected chi connectivity index (χ0v) is 10.2. The van der Waals surface area contributed by atoms with Crippen LogP contribution in [0.4, 0.5) is 5.69 Å². The molecule has 1 aromatic heterocycles. The molecule has 1 atom stereocenters. The molecule has 0 aliphatic rings. The van der Waals surface area contributed by atoms with Crippen LogP contribution in [0.25, 0.3) is 0 Å². The van der Waals surface area contributed by atoms with Crippen LogP contribution in [0.5, 0.6) is 0 Å².